The fraction of sp³-hybridized carbons (Fsp3) is 0.235. The van der Waals surface area contributed by atoms with Crippen LogP contribution in [0.15, 0.2) is 41.0 Å². The summed E-state index contributed by atoms with van der Waals surface area (Å²) in [5.41, 5.74) is -0.455. The number of hydrogen-bond acceptors (Lipinski definition) is 5. The zero-order valence-corrected chi connectivity index (χ0v) is 14.0. The van der Waals surface area contributed by atoms with E-state index in [9.17, 15) is 23.1 Å². The number of anilines is 1. The van der Waals surface area contributed by atoms with Crippen molar-refractivity contribution in [1.29, 1.82) is 5.26 Å². The molecule has 1 aliphatic carbocycles. The van der Waals surface area contributed by atoms with E-state index in [1.54, 1.807) is 6.07 Å². The molecular weight excluding hydrogens is 367 g/mol. The summed E-state index contributed by atoms with van der Waals surface area (Å²) in [6, 6.07) is 7.72. The molecule has 0 bridgehead atoms. The van der Waals surface area contributed by atoms with E-state index in [0.717, 1.165) is 29.6 Å². The summed E-state index contributed by atoms with van der Waals surface area (Å²) in [7, 11) is 0. The zero-order valence-electron chi connectivity index (χ0n) is 13.2. The second-order valence-electron chi connectivity index (χ2n) is 5.71. The first-order valence-corrected chi connectivity index (χ1v) is 8.45. The van der Waals surface area contributed by atoms with E-state index in [2.05, 4.69) is 10.3 Å². The predicted octanol–water partition coefficient (Wildman–Crippen LogP) is 4.51. The van der Waals surface area contributed by atoms with Gasteiger partial charge in [-0.1, -0.05) is 0 Å². The van der Waals surface area contributed by atoms with E-state index in [4.69, 9.17) is 5.26 Å². The second-order valence-corrected chi connectivity index (χ2v) is 6.57. The predicted molar refractivity (Wildman–Crippen MR) is 89.2 cm³/mol. The number of nitrogens with zero attached hydrogens (tertiary/aromatic N) is 2. The number of carbonyl (C=O) groups is 1. The van der Waals surface area contributed by atoms with E-state index in [1.165, 1.54) is 24.3 Å². The Hall–Kier alpha value is -2.86. The highest BCUT2D eigenvalue weighted by Crippen LogP contribution is 2.37. The first-order chi connectivity index (χ1) is 12.3. The number of nitrogens with one attached hydrogen (secondary N) is 1. The fourth-order valence-corrected chi connectivity index (χ4v) is 3.04. The van der Waals surface area contributed by atoms with E-state index in [0.29, 0.717) is 11.3 Å². The number of rotatable bonds is 4. The summed E-state index contributed by atoms with van der Waals surface area (Å²) >= 11 is 0.870. The maximum Gasteiger partial charge on any atom is 0.434 e. The molecule has 0 unspecified atom stereocenters. The topological polar surface area (TPSA) is 86.0 Å². The normalized spacial score (nSPS) is 15.2. The third-order valence-electron chi connectivity index (χ3n) is 3.74. The van der Waals surface area contributed by atoms with Gasteiger partial charge in [0.2, 0.25) is 0 Å². The molecule has 1 amide bonds. The summed E-state index contributed by atoms with van der Waals surface area (Å²) in [5.74, 6) is -1.06. The number of carbonyl (C=O) groups excluding carboxylic acids is 1. The Morgan fingerprint density at radius 3 is 2.46 bits per heavy atom. The van der Waals surface area contributed by atoms with Gasteiger partial charge in [0.15, 0.2) is 11.3 Å². The van der Waals surface area contributed by atoms with Gasteiger partial charge in [0.05, 0.1) is 0 Å². The number of aliphatic hydroxyl groups excluding tert-OH is 1. The van der Waals surface area contributed by atoms with Crippen LogP contribution in [0.2, 0.25) is 0 Å². The number of halogens is 3. The van der Waals surface area contributed by atoms with Crippen molar-refractivity contribution < 1.29 is 23.1 Å². The number of thiazole rings is 1. The number of allylic oxidation sites excluding steroid dienone is 1. The van der Waals surface area contributed by atoms with Crippen LogP contribution in [0.4, 0.5) is 18.9 Å². The molecule has 0 saturated heterocycles. The maximum atomic E-state index is 12.6. The van der Waals surface area contributed by atoms with Crippen molar-refractivity contribution >= 4 is 22.9 Å². The Bertz CT molecular complexity index is 907. The lowest BCUT2D eigenvalue weighted by atomic mass is 10.1. The molecule has 0 spiro atoms. The third kappa shape index (κ3) is 3.86. The Balaban J connectivity index is 1.74. The summed E-state index contributed by atoms with van der Waals surface area (Å²) in [6.45, 7) is 0. The molecule has 5 nitrogen and oxygen atoms in total. The first kappa shape index (κ1) is 17.9. The van der Waals surface area contributed by atoms with Gasteiger partial charge in [-0.3, -0.25) is 4.79 Å². The molecule has 1 aromatic carbocycles. The number of benzene rings is 1. The van der Waals surface area contributed by atoms with Crippen LogP contribution in [0.1, 0.15) is 18.5 Å². The molecule has 1 fully saturated rings. The molecular formula is C17H12F3N3O2S. The lowest BCUT2D eigenvalue weighted by Gasteiger charge is -2.06. The molecule has 0 aliphatic heterocycles. The Labute approximate surface area is 150 Å². The Morgan fingerprint density at radius 1 is 1.31 bits per heavy atom. The highest BCUT2D eigenvalue weighted by Gasteiger charge is 2.34. The van der Waals surface area contributed by atoms with Crippen molar-refractivity contribution in [1.82, 2.24) is 4.98 Å². The summed E-state index contributed by atoms with van der Waals surface area (Å²) in [6.07, 6.45) is -3.01. The highest BCUT2D eigenvalue weighted by atomic mass is 32.1. The quantitative estimate of drug-likeness (QED) is 0.465. The monoisotopic (exact) mass is 379 g/mol. The van der Waals surface area contributed by atoms with Crippen molar-refractivity contribution in [3.8, 4) is 16.6 Å². The molecule has 1 heterocycles. The van der Waals surface area contributed by atoms with Crippen LogP contribution in [-0.2, 0) is 11.0 Å². The number of alkyl halides is 3. The molecule has 0 radical (unpaired) electrons. The van der Waals surface area contributed by atoms with Crippen molar-refractivity contribution in [3.63, 3.8) is 0 Å². The van der Waals surface area contributed by atoms with Crippen LogP contribution < -0.4 is 5.32 Å². The second kappa shape index (κ2) is 6.80. The fourth-order valence-electron chi connectivity index (χ4n) is 2.21. The number of aliphatic hydroxyl groups is 1. The third-order valence-corrected chi connectivity index (χ3v) is 4.63. The van der Waals surface area contributed by atoms with E-state index in [-0.39, 0.29) is 22.3 Å². The van der Waals surface area contributed by atoms with Gasteiger partial charge >= 0.3 is 6.18 Å². The smallest absolute Gasteiger partial charge is 0.434 e. The molecule has 0 atom stereocenters. The van der Waals surface area contributed by atoms with Gasteiger partial charge in [-0.05, 0) is 37.1 Å². The molecule has 9 heteroatoms. The van der Waals surface area contributed by atoms with Gasteiger partial charge < -0.3 is 10.4 Å². The number of amides is 1. The van der Waals surface area contributed by atoms with Crippen LogP contribution >= 0.6 is 11.3 Å². The van der Waals surface area contributed by atoms with Crippen molar-refractivity contribution in [3.05, 3.63) is 46.7 Å². The van der Waals surface area contributed by atoms with E-state index in [1.807, 2.05) is 0 Å². The average Bonchev–Trinajstić information content (AvgIpc) is 3.31. The van der Waals surface area contributed by atoms with Gasteiger partial charge in [-0.25, -0.2) is 4.98 Å². The van der Waals surface area contributed by atoms with Crippen LogP contribution in [-0.4, -0.2) is 16.0 Å². The average molecular weight is 379 g/mol. The minimum Gasteiger partial charge on any atom is -0.510 e. The minimum atomic E-state index is -4.49. The first-order valence-electron chi connectivity index (χ1n) is 7.57. The number of nitriles is 1. The molecule has 2 N–H and O–H groups in total. The van der Waals surface area contributed by atoms with Gasteiger partial charge in [-0.15, -0.1) is 11.3 Å². The number of aromatic nitrogens is 1. The van der Waals surface area contributed by atoms with Crippen LogP contribution in [0.3, 0.4) is 0 Å². The SMILES string of the molecule is N#C/C(C(=O)Nc1ccc(-c2nc(C(F)(F)F)cs2)cc1)=C(/O)C1CC1. The molecule has 1 saturated carbocycles. The zero-order chi connectivity index (χ0) is 18.9. The van der Waals surface area contributed by atoms with Crippen molar-refractivity contribution in [2.75, 3.05) is 5.32 Å². The molecule has 26 heavy (non-hydrogen) atoms. The van der Waals surface area contributed by atoms with Crippen LogP contribution in [0.5, 0.6) is 0 Å². The van der Waals surface area contributed by atoms with Crippen LogP contribution in [0.25, 0.3) is 10.6 Å². The lowest BCUT2D eigenvalue weighted by Crippen LogP contribution is -2.15. The Morgan fingerprint density at radius 2 is 1.96 bits per heavy atom. The molecule has 1 aliphatic rings. The van der Waals surface area contributed by atoms with Gasteiger partial charge in [0.1, 0.15) is 16.8 Å². The Kier molecular flexibility index (Phi) is 4.70. The largest absolute Gasteiger partial charge is 0.510 e. The van der Waals surface area contributed by atoms with Crippen LogP contribution in [0, 0.1) is 17.2 Å². The van der Waals surface area contributed by atoms with Gasteiger partial charge in [0, 0.05) is 22.5 Å². The summed E-state index contributed by atoms with van der Waals surface area (Å²) in [5, 5.41) is 22.5. The molecule has 2 aromatic rings. The van der Waals surface area contributed by atoms with Gasteiger partial charge in [0.25, 0.3) is 5.91 Å². The van der Waals surface area contributed by atoms with Crippen molar-refractivity contribution in [2.24, 2.45) is 5.92 Å². The molecule has 134 valence electrons. The minimum absolute atomic E-state index is 0.134. The molecule has 3 rings (SSSR count). The van der Waals surface area contributed by atoms with E-state index >= 15 is 0 Å². The van der Waals surface area contributed by atoms with Gasteiger partial charge in [-0.2, -0.15) is 18.4 Å². The number of hydrogen-bond donors (Lipinski definition) is 2. The standard InChI is InChI=1S/C17H12F3N3O2S/c18-17(19,20)13-8-26-16(23-13)10-3-5-11(6-4-10)22-15(25)12(7-21)14(24)9-1-2-9/h3-6,8-9,24H,1-2H2,(H,22,25)/b14-12-. The highest BCUT2D eigenvalue weighted by molar-refractivity contribution is 7.13. The molecule has 1 aromatic heterocycles. The summed E-state index contributed by atoms with van der Waals surface area (Å²) in [4.78, 5) is 15.7. The summed E-state index contributed by atoms with van der Waals surface area (Å²) < 4.78 is 37.8. The van der Waals surface area contributed by atoms with Crippen molar-refractivity contribution in [2.45, 2.75) is 19.0 Å². The lowest BCUT2D eigenvalue weighted by molar-refractivity contribution is -0.140. The maximum absolute atomic E-state index is 12.6. The van der Waals surface area contributed by atoms with E-state index < -0.39 is 17.8 Å².